The first kappa shape index (κ1) is 19.5. The Hall–Kier alpha value is -2.55. The Labute approximate surface area is 139 Å². The molecule has 24 heavy (non-hydrogen) atoms. The van der Waals surface area contributed by atoms with Crippen LogP contribution in [0.25, 0.3) is 0 Å². The lowest BCUT2D eigenvalue weighted by atomic mass is 10.1. The van der Waals surface area contributed by atoms with Crippen molar-refractivity contribution in [3.63, 3.8) is 0 Å². The Balaban J connectivity index is 2.80. The number of Topliss-reactive ketones (excluding diaryl/α,β-unsaturated/α-hetero) is 1. The molecule has 9 nitrogen and oxygen atoms in total. The minimum atomic E-state index is -1.51. The quantitative estimate of drug-likeness (QED) is 0.425. The normalized spacial score (nSPS) is 13.2. The number of hydrogen-bond donors (Lipinski definition) is 3. The zero-order valence-electron chi connectivity index (χ0n) is 13.9. The van der Waals surface area contributed by atoms with Gasteiger partial charge in [-0.25, -0.2) is 9.78 Å². The van der Waals surface area contributed by atoms with Gasteiger partial charge in [-0.15, -0.1) is 0 Å². The number of nitrogens with zero attached hydrogens (tertiary/aromatic N) is 2. The summed E-state index contributed by atoms with van der Waals surface area (Å²) in [7, 11) is 1.62. The van der Waals surface area contributed by atoms with Gasteiger partial charge in [0.2, 0.25) is 0 Å². The fraction of sp³-hybridized carbons (Fsp3) is 0.533. The predicted octanol–water partition coefficient (Wildman–Crippen LogP) is -0.111. The van der Waals surface area contributed by atoms with Crippen LogP contribution in [0.1, 0.15) is 38.5 Å². The first-order chi connectivity index (χ1) is 11.3. The number of esters is 1. The van der Waals surface area contributed by atoms with Gasteiger partial charge in [-0.2, -0.15) is 0 Å². The van der Waals surface area contributed by atoms with Gasteiger partial charge in [-0.3, -0.25) is 9.59 Å². The van der Waals surface area contributed by atoms with Crippen molar-refractivity contribution in [3.05, 3.63) is 18.2 Å². The van der Waals surface area contributed by atoms with Crippen LogP contribution in [0.15, 0.2) is 12.5 Å². The zero-order valence-corrected chi connectivity index (χ0v) is 13.9. The van der Waals surface area contributed by atoms with Gasteiger partial charge in [-0.05, 0) is 20.3 Å². The second-order valence-electron chi connectivity index (χ2n) is 5.53. The summed E-state index contributed by atoms with van der Waals surface area (Å²) in [6, 6.07) is -1.09. The molecule has 1 amide bonds. The van der Waals surface area contributed by atoms with E-state index < -0.39 is 35.9 Å². The fourth-order valence-corrected chi connectivity index (χ4v) is 1.94. The van der Waals surface area contributed by atoms with Crippen LogP contribution in [0.5, 0.6) is 0 Å². The molecule has 1 aromatic heterocycles. The van der Waals surface area contributed by atoms with Gasteiger partial charge in [0.1, 0.15) is 6.04 Å². The number of carbonyl (C=O) groups excluding carboxylic acids is 3. The number of carbonyl (C=O) groups is 3. The molecule has 1 rings (SSSR count). The van der Waals surface area contributed by atoms with Crippen LogP contribution >= 0.6 is 0 Å². The molecule has 0 saturated carbocycles. The number of rotatable bonds is 9. The average Bonchev–Trinajstić information content (AvgIpc) is 2.95. The van der Waals surface area contributed by atoms with E-state index in [2.05, 4.69) is 10.3 Å². The summed E-state index contributed by atoms with van der Waals surface area (Å²) in [6.07, 6.45) is 1.40. The van der Waals surface area contributed by atoms with E-state index in [4.69, 9.17) is 10.1 Å². The Bertz CT molecular complexity index is 611. The zero-order chi connectivity index (χ0) is 18.3. The van der Waals surface area contributed by atoms with Crippen molar-refractivity contribution in [2.75, 3.05) is 0 Å². The largest absolute Gasteiger partial charge is 0.461 e. The van der Waals surface area contributed by atoms with Gasteiger partial charge in [-0.1, -0.05) is 0 Å². The van der Waals surface area contributed by atoms with E-state index in [1.54, 1.807) is 20.9 Å². The van der Waals surface area contributed by atoms with Crippen LogP contribution in [0.2, 0.25) is 0 Å². The summed E-state index contributed by atoms with van der Waals surface area (Å²) >= 11 is 0. The summed E-state index contributed by atoms with van der Waals surface area (Å²) < 4.78 is 6.53. The molecule has 0 aliphatic rings. The number of amides is 1. The predicted molar refractivity (Wildman–Crippen MR) is 84.4 cm³/mol. The highest BCUT2D eigenvalue weighted by atomic mass is 16.5. The van der Waals surface area contributed by atoms with Crippen LogP contribution in [0.4, 0.5) is 0 Å². The summed E-state index contributed by atoms with van der Waals surface area (Å²) in [4.78, 5) is 39.3. The monoisotopic (exact) mass is 338 g/mol. The van der Waals surface area contributed by atoms with Crippen LogP contribution in [0.3, 0.4) is 0 Å². The van der Waals surface area contributed by atoms with Crippen molar-refractivity contribution in [1.82, 2.24) is 14.9 Å². The smallest absolute Gasteiger partial charge is 0.328 e. The Morgan fingerprint density at radius 3 is 2.62 bits per heavy atom. The summed E-state index contributed by atoms with van der Waals surface area (Å²) in [6.45, 7) is 3.31. The molecule has 1 heterocycles. The molecule has 0 radical (unpaired) electrons. The first-order valence-electron chi connectivity index (χ1n) is 7.44. The van der Waals surface area contributed by atoms with Gasteiger partial charge in [0.05, 0.1) is 30.5 Å². The average molecular weight is 338 g/mol. The number of ether oxygens (including phenoxy) is 1. The van der Waals surface area contributed by atoms with E-state index in [-0.39, 0.29) is 18.5 Å². The van der Waals surface area contributed by atoms with E-state index >= 15 is 0 Å². The van der Waals surface area contributed by atoms with Gasteiger partial charge in [0.25, 0.3) is 5.91 Å². The first-order valence-corrected chi connectivity index (χ1v) is 7.44. The minimum absolute atomic E-state index is 0.0242. The summed E-state index contributed by atoms with van der Waals surface area (Å²) in [5.41, 5.74) is 0.263. The molecule has 3 N–H and O–H groups in total. The van der Waals surface area contributed by atoms with Crippen molar-refractivity contribution in [1.29, 1.82) is 5.41 Å². The highest BCUT2D eigenvalue weighted by Crippen LogP contribution is 2.12. The third kappa shape index (κ3) is 5.58. The van der Waals surface area contributed by atoms with Crippen molar-refractivity contribution in [3.8, 4) is 0 Å². The lowest BCUT2D eigenvalue weighted by molar-refractivity contribution is -0.152. The molecule has 0 unspecified atom stereocenters. The van der Waals surface area contributed by atoms with Crippen molar-refractivity contribution in [2.24, 2.45) is 7.05 Å². The third-order valence-corrected chi connectivity index (χ3v) is 3.18. The number of aliphatic hydroxyl groups is 1. The number of nitrogens with one attached hydrogen (secondary N) is 2. The van der Waals surface area contributed by atoms with Crippen LogP contribution < -0.4 is 5.32 Å². The molecular formula is C15H22N4O5. The number of aliphatic hydroxyl groups excluding tert-OH is 1. The highest BCUT2D eigenvalue weighted by Gasteiger charge is 2.28. The molecule has 9 heteroatoms. The van der Waals surface area contributed by atoms with E-state index in [9.17, 15) is 19.5 Å². The maximum absolute atomic E-state index is 12.2. The lowest BCUT2D eigenvalue weighted by Gasteiger charge is -2.20. The standard InChI is InChI=1S/C15H22N4O5/c1-9(2)24-15(23)11(5-4-10(20)6-16)18-14(22)13(21)12-7-17-8-19(12)3/h6-9,11,13,16,21H,4-5H2,1-3H3,(H,18,22)/t11-,13+/m0/s1. The Kier molecular flexibility index (Phi) is 7.25. The van der Waals surface area contributed by atoms with Crippen LogP contribution in [0, 0.1) is 5.41 Å². The summed E-state index contributed by atoms with van der Waals surface area (Å²) in [5, 5.41) is 19.3. The topological polar surface area (TPSA) is 134 Å². The maximum atomic E-state index is 12.2. The van der Waals surface area contributed by atoms with Crippen LogP contribution in [-0.4, -0.2) is 50.7 Å². The van der Waals surface area contributed by atoms with Gasteiger partial charge >= 0.3 is 5.97 Å². The second kappa shape index (κ2) is 8.92. The van der Waals surface area contributed by atoms with Crippen LogP contribution in [-0.2, 0) is 26.2 Å². The molecule has 0 aromatic carbocycles. The van der Waals surface area contributed by atoms with E-state index in [1.807, 2.05) is 0 Å². The number of aromatic nitrogens is 2. The summed E-state index contributed by atoms with van der Waals surface area (Å²) in [5.74, 6) is -1.97. The molecule has 0 fully saturated rings. The van der Waals surface area contributed by atoms with Crippen molar-refractivity contribution in [2.45, 2.75) is 44.9 Å². The molecule has 2 atom stereocenters. The van der Waals surface area contributed by atoms with Gasteiger partial charge < -0.3 is 25.1 Å². The van der Waals surface area contributed by atoms with Crippen molar-refractivity contribution < 1.29 is 24.2 Å². The maximum Gasteiger partial charge on any atom is 0.328 e. The Morgan fingerprint density at radius 1 is 1.46 bits per heavy atom. The number of imidazole rings is 1. The van der Waals surface area contributed by atoms with Gasteiger partial charge in [0.15, 0.2) is 11.9 Å². The number of hydrogen-bond acceptors (Lipinski definition) is 7. The second-order valence-corrected chi connectivity index (χ2v) is 5.53. The third-order valence-electron chi connectivity index (χ3n) is 3.18. The minimum Gasteiger partial charge on any atom is -0.461 e. The molecular weight excluding hydrogens is 316 g/mol. The Morgan fingerprint density at radius 2 is 2.12 bits per heavy atom. The lowest BCUT2D eigenvalue weighted by Crippen LogP contribution is -2.45. The molecule has 0 aliphatic carbocycles. The molecule has 132 valence electrons. The number of ketones is 1. The SMILES string of the molecule is CC(C)OC(=O)[C@H](CCC(=O)C=N)NC(=O)[C@H](O)c1cncn1C. The molecule has 1 aromatic rings. The van der Waals surface area contributed by atoms with E-state index in [0.717, 1.165) is 0 Å². The van der Waals surface area contributed by atoms with Crippen molar-refractivity contribution >= 4 is 23.9 Å². The van der Waals surface area contributed by atoms with Gasteiger partial charge in [0, 0.05) is 13.5 Å². The van der Waals surface area contributed by atoms with E-state index in [1.165, 1.54) is 17.1 Å². The molecule has 0 spiro atoms. The number of aryl methyl sites for hydroxylation is 1. The highest BCUT2D eigenvalue weighted by molar-refractivity contribution is 6.26. The fourth-order valence-electron chi connectivity index (χ4n) is 1.94. The van der Waals surface area contributed by atoms with E-state index in [0.29, 0.717) is 6.21 Å². The molecule has 0 bridgehead atoms. The molecule has 0 saturated heterocycles. The molecule has 0 aliphatic heterocycles.